The minimum Gasteiger partial charge on any atom is -0.211 e. The first-order chi connectivity index (χ1) is 9.09. The van der Waals surface area contributed by atoms with Crippen LogP contribution in [-0.2, 0) is 10.0 Å². The molecule has 0 saturated heterocycles. The topological polar surface area (TPSA) is 46.2 Å². The molecular formula is C15H17NO2S. The summed E-state index contributed by atoms with van der Waals surface area (Å²) in [6.07, 6.45) is 0. The summed E-state index contributed by atoms with van der Waals surface area (Å²) in [6, 6.07) is 18.3. The third-order valence-corrected chi connectivity index (χ3v) is 4.44. The van der Waals surface area contributed by atoms with Gasteiger partial charge in [0.05, 0.1) is 4.90 Å². The summed E-state index contributed by atoms with van der Waals surface area (Å²) in [7, 11) is -3.41. The first-order valence-corrected chi connectivity index (χ1v) is 7.67. The number of sulfonamides is 1. The lowest BCUT2D eigenvalue weighted by Crippen LogP contribution is -2.27. The molecule has 3 nitrogen and oxygen atoms in total. The van der Waals surface area contributed by atoms with Gasteiger partial charge in [0, 0.05) is 6.54 Å². The molecule has 0 fully saturated rings. The maximum atomic E-state index is 12.1. The SMILES string of the molecule is C[C@H](CNS(=O)(=O)c1ccccc1)c1ccccc1. The summed E-state index contributed by atoms with van der Waals surface area (Å²) in [6.45, 7) is 2.39. The van der Waals surface area contributed by atoms with Gasteiger partial charge in [-0.25, -0.2) is 13.1 Å². The molecular weight excluding hydrogens is 258 g/mol. The summed E-state index contributed by atoms with van der Waals surface area (Å²) in [5.41, 5.74) is 1.12. The van der Waals surface area contributed by atoms with Gasteiger partial charge in [-0.05, 0) is 23.6 Å². The Bertz CT molecular complexity index is 609. The highest BCUT2D eigenvalue weighted by molar-refractivity contribution is 7.89. The van der Waals surface area contributed by atoms with Crippen molar-refractivity contribution < 1.29 is 8.42 Å². The number of benzene rings is 2. The highest BCUT2D eigenvalue weighted by atomic mass is 32.2. The molecule has 0 unspecified atom stereocenters. The Morgan fingerprint density at radius 2 is 1.47 bits per heavy atom. The highest BCUT2D eigenvalue weighted by Crippen LogP contribution is 2.15. The summed E-state index contributed by atoms with van der Waals surface area (Å²) in [5, 5.41) is 0. The first-order valence-electron chi connectivity index (χ1n) is 6.19. The van der Waals surface area contributed by atoms with E-state index in [1.54, 1.807) is 30.3 Å². The summed E-state index contributed by atoms with van der Waals surface area (Å²) in [4.78, 5) is 0.301. The highest BCUT2D eigenvalue weighted by Gasteiger charge is 2.14. The van der Waals surface area contributed by atoms with Crippen LogP contribution in [0.5, 0.6) is 0 Å². The fourth-order valence-electron chi connectivity index (χ4n) is 1.82. The van der Waals surface area contributed by atoms with Crippen molar-refractivity contribution in [2.45, 2.75) is 17.7 Å². The average Bonchev–Trinajstić information content (AvgIpc) is 2.47. The van der Waals surface area contributed by atoms with E-state index in [0.717, 1.165) is 5.56 Å². The van der Waals surface area contributed by atoms with Crippen LogP contribution >= 0.6 is 0 Å². The lowest BCUT2D eigenvalue weighted by atomic mass is 10.0. The van der Waals surface area contributed by atoms with Gasteiger partial charge in [-0.15, -0.1) is 0 Å². The molecule has 0 aliphatic rings. The molecule has 0 bridgehead atoms. The zero-order chi connectivity index (χ0) is 13.7. The Morgan fingerprint density at radius 3 is 2.05 bits per heavy atom. The number of hydrogen-bond acceptors (Lipinski definition) is 2. The summed E-state index contributed by atoms with van der Waals surface area (Å²) < 4.78 is 26.8. The molecule has 4 heteroatoms. The van der Waals surface area contributed by atoms with E-state index in [0.29, 0.717) is 11.4 Å². The van der Waals surface area contributed by atoms with Crippen molar-refractivity contribution in [3.05, 3.63) is 66.2 Å². The Hall–Kier alpha value is -1.65. The standard InChI is InChI=1S/C15H17NO2S/c1-13(14-8-4-2-5-9-14)12-16-19(17,18)15-10-6-3-7-11-15/h2-11,13,16H,12H2,1H3/t13-/m1/s1. The van der Waals surface area contributed by atoms with Crippen molar-refractivity contribution in [3.63, 3.8) is 0 Å². The van der Waals surface area contributed by atoms with E-state index >= 15 is 0 Å². The van der Waals surface area contributed by atoms with E-state index in [1.807, 2.05) is 37.3 Å². The molecule has 1 N–H and O–H groups in total. The van der Waals surface area contributed by atoms with Crippen LogP contribution < -0.4 is 4.72 Å². The second-order valence-corrected chi connectivity index (χ2v) is 6.24. The Morgan fingerprint density at radius 1 is 0.947 bits per heavy atom. The molecule has 100 valence electrons. The van der Waals surface area contributed by atoms with Crippen LogP contribution in [0.4, 0.5) is 0 Å². The smallest absolute Gasteiger partial charge is 0.211 e. The van der Waals surface area contributed by atoms with Gasteiger partial charge in [0.15, 0.2) is 0 Å². The van der Waals surface area contributed by atoms with Crippen LogP contribution in [-0.4, -0.2) is 15.0 Å². The van der Waals surface area contributed by atoms with Crippen molar-refractivity contribution in [3.8, 4) is 0 Å². The molecule has 2 aromatic rings. The van der Waals surface area contributed by atoms with Gasteiger partial charge in [-0.2, -0.15) is 0 Å². The van der Waals surface area contributed by atoms with Crippen LogP contribution in [0.25, 0.3) is 0 Å². The molecule has 0 radical (unpaired) electrons. The quantitative estimate of drug-likeness (QED) is 0.912. The maximum Gasteiger partial charge on any atom is 0.240 e. The summed E-state index contributed by atoms with van der Waals surface area (Å²) >= 11 is 0. The van der Waals surface area contributed by atoms with Crippen LogP contribution in [0.2, 0.25) is 0 Å². The van der Waals surface area contributed by atoms with E-state index in [4.69, 9.17) is 0 Å². The van der Waals surface area contributed by atoms with Gasteiger partial charge < -0.3 is 0 Å². The fourth-order valence-corrected chi connectivity index (χ4v) is 2.97. The number of rotatable bonds is 5. The molecule has 0 aromatic heterocycles. The molecule has 0 aliphatic heterocycles. The predicted octanol–water partition coefficient (Wildman–Crippen LogP) is 2.77. The van der Waals surface area contributed by atoms with Gasteiger partial charge >= 0.3 is 0 Å². The molecule has 0 aliphatic carbocycles. The average molecular weight is 275 g/mol. The van der Waals surface area contributed by atoms with E-state index in [9.17, 15) is 8.42 Å². The Kier molecular flexibility index (Phi) is 4.35. The number of nitrogens with one attached hydrogen (secondary N) is 1. The molecule has 2 rings (SSSR count). The molecule has 19 heavy (non-hydrogen) atoms. The Balaban J connectivity index is 2.03. The zero-order valence-corrected chi connectivity index (χ0v) is 11.6. The van der Waals surface area contributed by atoms with E-state index in [-0.39, 0.29) is 5.92 Å². The van der Waals surface area contributed by atoms with Crippen LogP contribution in [0, 0.1) is 0 Å². The summed E-state index contributed by atoms with van der Waals surface area (Å²) in [5.74, 6) is 0.139. The van der Waals surface area contributed by atoms with Crippen LogP contribution in [0.1, 0.15) is 18.4 Å². The van der Waals surface area contributed by atoms with E-state index in [2.05, 4.69) is 4.72 Å². The van der Waals surface area contributed by atoms with Gasteiger partial charge in [0.25, 0.3) is 0 Å². The third-order valence-electron chi connectivity index (χ3n) is 3.00. The van der Waals surface area contributed by atoms with E-state index in [1.165, 1.54) is 0 Å². The maximum absolute atomic E-state index is 12.1. The molecule has 0 heterocycles. The van der Waals surface area contributed by atoms with Gasteiger partial charge in [-0.3, -0.25) is 0 Å². The lowest BCUT2D eigenvalue weighted by Gasteiger charge is -2.13. The van der Waals surface area contributed by atoms with Crippen molar-refractivity contribution in [1.82, 2.24) is 4.72 Å². The van der Waals surface area contributed by atoms with Gasteiger partial charge in [-0.1, -0.05) is 55.5 Å². The Labute approximate surface area is 114 Å². The van der Waals surface area contributed by atoms with Crippen molar-refractivity contribution in [2.75, 3.05) is 6.54 Å². The molecule has 1 atom stereocenters. The first kappa shape index (κ1) is 13.8. The molecule has 0 saturated carbocycles. The lowest BCUT2D eigenvalue weighted by molar-refractivity contribution is 0.575. The van der Waals surface area contributed by atoms with Crippen molar-refractivity contribution in [1.29, 1.82) is 0 Å². The van der Waals surface area contributed by atoms with E-state index < -0.39 is 10.0 Å². The molecule has 0 amide bonds. The fraction of sp³-hybridized carbons (Fsp3) is 0.200. The van der Waals surface area contributed by atoms with Crippen molar-refractivity contribution >= 4 is 10.0 Å². The third kappa shape index (κ3) is 3.66. The minimum absolute atomic E-state index is 0.139. The normalized spacial score (nSPS) is 13.1. The number of hydrogen-bond donors (Lipinski definition) is 1. The van der Waals surface area contributed by atoms with Crippen LogP contribution in [0.3, 0.4) is 0 Å². The van der Waals surface area contributed by atoms with Crippen LogP contribution in [0.15, 0.2) is 65.6 Å². The van der Waals surface area contributed by atoms with Gasteiger partial charge in [0.2, 0.25) is 10.0 Å². The molecule has 2 aromatic carbocycles. The predicted molar refractivity (Wildman–Crippen MR) is 76.5 cm³/mol. The largest absolute Gasteiger partial charge is 0.240 e. The van der Waals surface area contributed by atoms with Gasteiger partial charge in [0.1, 0.15) is 0 Å². The minimum atomic E-state index is -3.41. The second kappa shape index (κ2) is 5.99. The monoisotopic (exact) mass is 275 g/mol. The molecule has 0 spiro atoms. The zero-order valence-electron chi connectivity index (χ0n) is 10.8. The second-order valence-electron chi connectivity index (χ2n) is 4.48. The van der Waals surface area contributed by atoms with Crippen molar-refractivity contribution in [2.24, 2.45) is 0 Å².